The van der Waals surface area contributed by atoms with Crippen LogP contribution in [0.2, 0.25) is 0 Å². The maximum atomic E-state index is 4.26. The fourth-order valence-electron chi connectivity index (χ4n) is 1.08. The van der Waals surface area contributed by atoms with Crippen molar-refractivity contribution in [3.05, 3.63) is 32.4 Å². The first-order valence-corrected chi connectivity index (χ1v) is 6.82. The minimum atomic E-state index is 0.903. The van der Waals surface area contributed by atoms with E-state index in [2.05, 4.69) is 43.1 Å². The van der Waals surface area contributed by atoms with Crippen molar-refractivity contribution in [1.82, 2.24) is 4.98 Å². The average Bonchev–Trinajstić information content (AvgIpc) is 2.77. The fraction of sp³-hybridized carbons (Fsp3) is 0.222. The third kappa shape index (κ3) is 2.80. The van der Waals surface area contributed by atoms with Crippen molar-refractivity contribution in [2.24, 2.45) is 0 Å². The highest BCUT2D eigenvalue weighted by Gasteiger charge is 1.98. The van der Waals surface area contributed by atoms with Crippen molar-refractivity contribution in [3.8, 4) is 0 Å². The van der Waals surface area contributed by atoms with Crippen LogP contribution in [0.25, 0.3) is 0 Å². The quantitative estimate of drug-likeness (QED) is 0.930. The number of nitrogens with zero attached hydrogens (tertiary/aromatic N) is 1. The first kappa shape index (κ1) is 10.1. The van der Waals surface area contributed by atoms with Gasteiger partial charge in [-0.2, -0.15) is 11.3 Å². The van der Waals surface area contributed by atoms with Crippen LogP contribution in [0.4, 0.5) is 5.13 Å². The van der Waals surface area contributed by atoms with E-state index < -0.39 is 0 Å². The summed E-state index contributed by atoms with van der Waals surface area (Å²) in [6.07, 6.45) is 1.06. The van der Waals surface area contributed by atoms with E-state index in [0.29, 0.717) is 0 Å². The van der Waals surface area contributed by atoms with Crippen molar-refractivity contribution in [2.45, 2.75) is 6.42 Å². The average molecular weight is 289 g/mol. The number of aromatic nitrogens is 1. The summed E-state index contributed by atoms with van der Waals surface area (Å²) < 4.78 is 0.903. The van der Waals surface area contributed by atoms with E-state index in [1.54, 1.807) is 22.7 Å². The van der Waals surface area contributed by atoms with E-state index in [9.17, 15) is 0 Å². The lowest BCUT2D eigenvalue weighted by atomic mass is 10.2. The number of rotatable bonds is 4. The standard InChI is InChI=1S/C9H9BrN2S2/c10-8-6-14-9(12-8)11-3-1-7-2-4-13-5-7/h2,4-6H,1,3H2,(H,11,12). The number of anilines is 1. The van der Waals surface area contributed by atoms with Gasteiger partial charge >= 0.3 is 0 Å². The Hall–Kier alpha value is -0.390. The number of hydrogen-bond acceptors (Lipinski definition) is 4. The smallest absolute Gasteiger partial charge is 0.183 e. The molecule has 2 aromatic heterocycles. The van der Waals surface area contributed by atoms with Crippen molar-refractivity contribution in [2.75, 3.05) is 11.9 Å². The van der Waals surface area contributed by atoms with Gasteiger partial charge in [0.25, 0.3) is 0 Å². The molecule has 2 nitrogen and oxygen atoms in total. The first-order valence-electron chi connectivity index (χ1n) is 4.20. The number of thiazole rings is 1. The van der Waals surface area contributed by atoms with Crippen LogP contribution in [0.3, 0.4) is 0 Å². The van der Waals surface area contributed by atoms with Crippen LogP contribution in [0.15, 0.2) is 26.8 Å². The second-order valence-electron chi connectivity index (χ2n) is 2.78. The minimum absolute atomic E-state index is 0.903. The van der Waals surface area contributed by atoms with E-state index >= 15 is 0 Å². The number of halogens is 1. The van der Waals surface area contributed by atoms with Gasteiger partial charge in [0.1, 0.15) is 4.60 Å². The molecule has 0 saturated heterocycles. The van der Waals surface area contributed by atoms with Gasteiger partial charge in [0, 0.05) is 11.9 Å². The molecule has 74 valence electrons. The predicted octanol–water partition coefficient (Wildman–Crippen LogP) is 3.62. The molecule has 5 heteroatoms. The SMILES string of the molecule is Brc1csc(NCCc2ccsc2)n1. The molecule has 1 N–H and O–H groups in total. The zero-order valence-corrected chi connectivity index (χ0v) is 10.6. The molecule has 0 spiro atoms. The first-order chi connectivity index (χ1) is 6.84. The Balaban J connectivity index is 1.78. The summed E-state index contributed by atoms with van der Waals surface area (Å²) in [5.74, 6) is 0. The molecule has 0 aliphatic rings. The highest BCUT2D eigenvalue weighted by atomic mass is 79.9. The van der Waals surface area contributed by atoms with Crippen molar-refractivity contribution >= 4 is 43.7 Å². The Morgan fingerprint density at radius 3 is 3.00 bits per heavy atom. The van der Waals surface area contributed by atoms with E-state index in [1.807, 2.05) is 5.38 Å². The maximum Gasteiger partial charge on any atom is 0.183 e. The lowest BCUT2D eigenvalue weighted by Crippen LogP contribution is -2.03. The Kier molecular flexibility index (Phi) is 3.55. The Labute approximate surface area is 99.1 Å². The molecule has 0 fully saturated rings. The molecular formula is C9H9BrN2S2. The van der Waals surface area contributed by atoms with Crippen LogP contribution in [0.1, 0.15) is 5.56 Å². The minimum Gasteiger partial charge on any atom is -0.361 e. The monoisotopic (exact) mass is 288 g/mol. The van der Waals surface area contributed by atoms with Crippen molar-refractivity contribution < 1.29 is 0 Å². The second-order valence-corrected chi connectivity index (χ2v) is 5.23. The number of thiophene rings is 1. The van der Waals surface area contributed by atoms with Crippen LogP contribution in [-0.2, 0) is 6.42 Å². The largest absolute Gasteiger partial charge is 0.361 e. The predicted molar refractivity (Wildman–Crippen MR) is 66.3 cm³/mol. The highest BCUT2D eigenvalue weighted by molar-refractivity contribution is 9.10. The summed E-state index contributed by atoms with van der Waals surface area (Å²) in [5, 5.41) is 10.5. The zero-order valence-electron chi connectivity index (χ0n) is 7.37. The van der Waals surface area contributed by atoms with Gasteiger partial charge in [-0.25, -0.2) is 4.98 Å². The Morgan fingerprint density at radius 2 is 2.36 bits per heavy atom. The molecule has 0 aliphatic carbocycles. The Morgan fingerprint density at radius 1 is 1.43 bits per heavy atom. The van der Waals surface area contributed by atoms with E-state index in [0.717, 1.165) is 22.7 Å². The highest BCUT2D eigenvalue weighted by Crippen LogP contribution is 2.19. The molecule has 0 bridgehead atoms. The molecule has 14 heavy (non-hydrogen) atoms. The summed E-state index contributed by atoms with van der Waals surface area (Å²) >= 11 is 6.69. The summed E-state index contributed by atoms with van der Waals surface area (Å²) in [4.78, 5) is 4.26. The van der Waals surface area contributed by atoms with Crippen molar-refractivity contribution in [1.29, 1.82) is 0 Å². The van der Waals surface area contributed by atoms with Gasteiger partial charge in [0.15, 0.2) is 5.13 Å². The van der Waals surface area contributed by atoms with Gasteiger partial charge in [-0.3, -0.25) is 0 Å². The van der Waals surface area contributed by atoms with Gasteiger partial charge in [-0.15, -0.1) is 11.3 Å². The molecule has 0 atom stereocenters. The summed E-state index contributed by atoms with van der Waals surface area (Å²) in [5.41, 5.74) is 1.39. The molecule has 0 radical (unpaired) electrons. The van der Waals surface area contributed by atoms with Gasteiger partial charge in [-0.05, 0) is 44.7 Å². The molecule has 0 saturated carbocycles. The third-order valence-electron chi connectivity index (χ3n) is 1.75. The van der Waals surface area contributed by atoms with Gasteiger partial charge < -0.3 is 5.32 Å². The van der Waals surface area contributed by atoms with E-state index in [4.69, 9.17) is 0 Å². The van der Waals surface area contributed by atoms with Crippen LogP contribution in [0.5, 0.6) is 0 Å². The molecule has 0 unspecified atom stereocenters. The number of hydrogen-bond donors (Lipinski definition) is 1. The summed E-state index contributed by atoms with van der Waals surface area (Å²) in [7, 11) is 0. The summed E-state index contributed by atoms with van der Waals surface area (Å²) in [6, 6.07) is 2.16. The Bertz CT molecular complexity index is 383. The summed E-state index contributed by atoms with van der Waals surface area (Å²) in [6.45, 7) is 0.941. The zero-order chi connectivity index (χ0) is 9.80. The fourth-order valence-corrected chi connectivity index (χ4v) is 2.96. The lowest BCUT2D eigenvalue weighted by Gasteiger charge is -1.99. The van der Waals surface area contributed by atoms with Crippen LogP contribution in [0, 0.1) is 0 Å². The number of nitrogens with one attached hydrogen (secondary N) is 1. The molecule has 2 heterocycles. The van der Waals surface area contributed by atoms with Crippen molar-refractivity contribution in [3.63, 3.8) is 0 Å². The van der Waals surface area contributed by atoms with Gasteiger partial charge in [0.2, 0.25) is 0 Å². The van der Waals surface area contributed by atoms with E-state index in [1.165, 1.54) is 5.56 Å². The molecule has 2 rings (SSSR count). The molecular weight excluding hydrogens is 280 g/mol. The topological polar surface area (TPSA) is 24.9 Å². The maximum absolute atomic E-state index is 4.26. The lowest BCUT2D eigenvalue weighted by molar-refractivity contribution is 1.02. The van der Waals surface area contributed by atoms with Crippen LogP contribution < -0.4 is 5.32 Å². The molecule has 0 amide bonds. The molecule has 0 aliphatic heterocycles. The normalized spacial score (nSPS) is 10.4. The molecule has 0 aromatic carbocycles. The van der Waals surface area contributed by atoms with Gasteiger partial charge in [-0.1, -0.05) is 0 Å². The third-order valence-corrected chi connectivity index (χ3v) is 3.99. The molecule has 2 aromatic rings. The van der Waals surface area contributed by atoms with Crippen LogP contribution in [-0.4, -0.2) is 11.5 Å². The van der Waals surface area contributed by atoms with E-state index in [-0.39, 0.29) is 0 Å². The second kappa shape index (κ2) is 4.91. The van der Waals surface area contributed by atoms with Gasteiger partial charge in [0.05, 0.1) is 0 Å². The van der Waals surface area contributed by atoms with Crippen LogP contribution >= 0.6 is 38.6 Å².